The van der Waals surface area contributed by atoms with Gasteiger partial charge in [0, 0.05) is 12.1 Å². The van der Waals surface area contributed by atoms with Crippen molar-refractivity contribution in [3.05, 3.63) is 30.1 Å². The molecule has 13 heteroatoms. The van der Waals surface area contributed by atoms with Crippen LogP contribution in [0.2, 0.25) is 0 Å². The van der Waals surface area contributed by atoms with Crippen molar-refractivity contribution in [3.8, 4) is 0 Å². The highest BCUT2D eigenvalue weighted by atomic mass is 31.2. The highest BCUT2D eigenvalue weighted by Gasteiger charge is 2.62. The van der Waals surface area contributed by atoms with E-state index in [1.165, 1.54) is 0 Å². The van der Waals surface area contributed by atoms with Gasteiger partial charge >= 0.3 is 26.5 Å². The topological polar surface area (TPSA) is 139 Å². The maximum atomic E-state index is 12.3. The molecule has 21 heavy (non-hydrogen) atoms. The maximum absolute atomic E-state index is 12.3. The molecule has 0 spiro atoms. The van der Waals surface area contributed by atoms with Crippen LogP contribution in [0.15, 0.2) is 24.5 Å². The predicted octanol–water partition coefficient (Wildman–Crippen LogP) is -0.00560. The van der Waals surface area contributed by atoms with E-state index >= 15 is 0 Å². The molecule has 0 aliphatic rings. The first-order valence-electron chi connectivity index (χ1n) is 5.08. The lowest BCUT2D eigenvalue weighted by Gasteiger charge is -2.26. The third-order valence-electron chi connectivity index (χ3n) is 2.55. The summed E-state index contributed by atoms with van der Waals surface area (Å²) >= 11 is 0. The first kappa shape index (κ1) is 18.2. The van der Waals surface area contributed by atoms with E-state index in [1.807, 2.05) is 0 Å². The van der Waals surface area contributed by atoms with Gasteiger partial charge in [0.05, 0.1) is 5.56 Å². The van der Waals surface area contributed by atoms with Gasteiger partial charge in [0.2, 0.25) is 6.54 Å². The minimum absolute atomic E-state index is 0.528. The minimum Gasteiger partial charge on any atom is -0.363 e. The zero-order valence-electron chi connectivity index (χ0n) is 10.0. The molecular formula is C8H11F3NO7P2+. The molecule has 8 nitrogen and oxygen atoms in total. The van der Waals surface area contributed by atoms with Crippen molar-refractivity contribution in [2.75, 3.05) is 0 Å². The van der Waals surface area contributed by atoms with Crippen molar-refractivity contribution >= 4 is 15.2 Å². The Morgan fingerprint density at radius 3 is 1.67 bits per heavy atom. The average molecular weight is 352 g/mol. The van der Waals surface area contributed by atoms with Crippen molar-refractivity contribution in [2.24, 2.45) is 0 Å². The van der Waals surface area contributed by atoms with Crippen LogP contribution in [-0.2, 0) is 21.9 Å². The van der Waals surface area contributed by atoms with Crippen LogP contribution in [0, 0.1) is 0 Å². The first-order valence-corrected chi connectivity index (χ1v) is 8.31. The molecule has 0 fully saturated rings. The molecule has 0 aliphatic heterocycles. The van der Waals surface area contributed by atoms with Crippen molar-refractivity contribution in [1.29, 1.82) is 0 Å². The van der Waals surface area contributed by atoms with Crippen LogP contribution in [0.4, 0.5) is 13.2 Å². The van der Waals surface area contributed by atoms with Crippen LogP contribution < -0.4 is 4.57 Å². The molecule has 5 N–H and O–H groups in total. The van der Waals surface area contributed by atoms with Crippen molar-refractivity contribution < 1.29 is 51.5 Å². The quantitative estimate of drug-likeness (QED) is 0.379. The van der Waals surface area contributed by atoms with Crippen LogP contribution in [-0.4, -0.2) is 29.8 Å². The third-order valence-corrected chi connectivity index (χ3v) is 6.26. The number of hydrogen-bond donors (Lipinski definition) is 5. The van der Waals surface area contributed by atoms with E-state index in [4.69, 9.17) is 19.6 Å². The number of hydrogen-bond acceptors (Lipinski definition) is 3. The lowest BCUT2D eigenvalue weighted by Crippen LogP contribution is -2.47. The van der Waals surface area contributed by atoms with Gasteiger partial charge in [0.25, 0.3) is 0 Å². The van der Waals surface area contributed by atoms with Gasteiger partial charge in [0.1, 0.15) is 0 Å². The molecular weight excluding hydrogens is 341 g/mol. The van der Waals surface area contributed by atoms with Crippen LogP contribution in [0.1, 0.15) is 5.56 Å². The van der Waals surface area contributed by atoms with E-state index in [0.717, 1.165) is 0 Å². The number of pyridine rings is 1. The molecule has 1 aromatic rings. The molecule has 0 aromatic carbocycles. The van der Waals surface area contributed by atoms with Crippen LogP contribution in [0.5, 0.6) is 0 Å². The molecule has 0 saturated carbocycles. The summed E-state index contributed by atoms with van der Waals surface area (Å²) in [5.74, 6) is 0. The molecule has 0 atom stereocenters. The Morgan fingerprint density at radius 1 is 1.00 bits per heavy atom. The first-order chi connectivity index (χ1) is 9.18. The number of nitrogens with zero attached hydrogens (tertiary/aromatic N) is 1. The second-order valence-corrected chi connectivity index (χ2v) is 8.13. The minimum atomic E-state index is -5.67. The Kier molecular flexibility index (Phi) is 4.73. The Balaban J connectivity index is 3.19. The van der Waals surface area contributed by atoms with Gasteiger partial charge in [-0.1, -0.05) is 0 Å². The number of alkyl halides is 3. The Morgan fingerprint density at radius 2 is 1.38 bits per heavy atom. The van der Waals surface area contributed by atoms with Gasteiger partial charge < -0.3 is 24.7 Å². The molecule has 1 rings (SSSR count). The lowest BCUT2D eigenvalue weighted by atomic mass is 10.2. The van der Waals surface area contributed by atoms with Gasteiger partial charge in [0.15, 0.2) is 12.4 Å². The Hall–Kier alpha value is -0.800. The molecule has 1 heterocycles. The van der Waals surface area contributed by atoms with E-state index < -0.39 is 38.6 Å². The summed E-state index contributed by atoms with van der Waals surface area (Å²) in [5.41, 5.74) is -1.07. The molecule has 0 radical (unpaired) electrons. The van der Waals surface area contributed by atoms with E-state index in [0.29, 0.717) is 29.1 Å². The molecule has 0 amide bonds. The monoisotopic (exact) mass is 352 g/mol. The van der Waals surface area contributed by atoms with Crippen molar-refractivity contribution in [2.45, 2.75) is 17.8 Å². The number of aliphatic hydroxyl groups is 1. The summed E-state index contributed by atoms with van der Waals surface area (Å²) in [4.78, 5) is 35.6. The van der Waals surface area contributed by atoms with Crippen LogP contribution in [0.25, 0.3) is 0 Å². The van der Waals surface area contributed by atoms with Crippen LogP contribution >= 0.6 is 15.2 Å². The van der Waals surface area contributed by atoms with Gasteiger partial charge in [-0.3, -0.25) is 9.13 Å². The zero-order chi connectivity index (χ0) is 16.7. The maximum Gasteiger partial charge on any atom is 0.416 e. The van der Waals surface area contributed by atoms with E-state index in [-0.39, 0.29) is 0 Å². The lowest BCUT2D eigenvalue weighted by molar-refractivity contribution is -0.703. The highest BCUT2D eigenvalue weighted by Crippen LogP contribution is 2.67. The van der Waals surface area contributed by atoms with Gasteiger partial charge in [-0.15, -0.1) is 0 Å². The third kappa shape index (κ3) is 3.89. The summed E-state index contributed by atoms with van der Waals surface area (Å²) in [6, 6.07) is 1.06. The van der Waals surface area contributed by atoms with E-state index in [2.05, 4.69) is 0 Å². The molecule has 0 bridgehead atoms. The summed E-state index contributed by atoms with van der Waals surface area (Å²) in [6.07, 6.45) is -3.29. The molecule has 120 valence electrons. The van der Waals surface area contributed by atoms with Crippen molar-refractivity contribution in [1.82, 2.24) is 0 Å². The summed E-state index contributed by atoms with van der Waals surface area (Å²) in [7, 11) is -11.3. The van der Waals surface area contributed by atoms with Gasteiger partial charge in [-0.05, 0) is 0 Å². The molecule has 0 saturated heterocycles. The Labute approximate surface area is 115 Å². The summed E-state index contributed by atoms with van der Waals surface area (Å²) in [5, 5.41) is 5.87. The largest absolute Gasteiger partial charge is 0.416 e. The Bertz CT molecular complexity index is 583. The SMILES string of the molecule is O=P(O)(O)C(O)(C[n+]1ccc(C(F)(F)F)cc1)P(=O)(O)O. The fourth-order valence-electron chi connectivity index (χ4n) is 1.35. The number of rotatable bonds is 4. The molecule has 0 aliphatic carbocycles. The molecule has 0 unspecified atom stereocenters. The highest BCUT2D eigenvalue weighted by molar-refractivity contribution is 7.72. The summed E-state index contributed by atoms with van der Waals surface area (Å²) < 4.78 is 59.8. The second kappa shape index (κ2) is 5.44. The van der Waals surface area contributed by atoms with Crippen LogP contribution in [0.3, 0.4) is 0 Å². The molecule has 1 aromatic heterocycles. The normalized spacial score (nSPS) is 14.3. The fraction of sp³-hybridized carbons (Fsp3) is 0.375. The van der Waals surface area contributed by atoms with Crippen molar-refractivity contribution in [3.63, 3.8) is 0 Å². The average Bonchev–Trinajstić information content (AvgIpc) is 2.25. The van der Waals surface area contributed by atoms with Gasteiger partial charge in [-0.25, -0.2) is 4.57 Å². The fourth-order valence-corrected chi connectivity index (χ4v) is 3.40. The van der Waals surface area contributed by atoms with Gasteiger partial charge in [-0.2, -0.15) is 13.2 Å². The second-order valence-electron chi connectivity index (χ2n) is 4.12. The standard InChI is InChI=1S/C8H10F3NO7P2/c9-8(10,11)6-1-3-12(4-2-6)5-7(13,20(14,15)16)21(17,18)19/h1-4,13H,5H2,(H3-,14,15,16,17,18,19)/p+1. The number of halogens is 3. The van der Waals surface area contributed by atoms with E-state index in [9.17, 15) is 27.4 Å². The summed E-state index contributed by atoms with van der Waals surface area (Å²) in [6.45, 7) is -1.29. The van der Waals surface area contributed by atoms with E-state index in [1.54, 1.807) is 0 Å². The number of aromatic nitrogens is 1. The smallest absolute Gasteiger partial charge is 0.363 e. The predicted molar refractivity (Wildman–Crippen MR) is 60.7 cm³/mol. The zero-order valence-corrected chi connectivity index (χ0v) is 11.8.